The van der Waals surface area contributed by atoms with Crippen LogP contribution in [0.3, 0.4) is 0 Å². The number of nitrogens with one attached hydrogen (secondary N) is 1. The van der Waals surface area contributed by atoms with Crippen molar-refractivity contribution >= 4 is 11.8 Å². The maximum absolute atomic E-state index is 11.0. The maximum atomic E-state index is 11.0. The van der Waals surface area contributed by atoms with Gasteiger partial charge in [-0.15, -0.1) is 0 Å². The van der Waals surface area contributed by atoms with Crippen LogP contribution in [0.15, 0.2) is 6.07 Å². The van der Waals surface area contributed by atoms with E-state index in [1.165, 1.54) is 12.0 Å². The number of nitriles is 1. The number of anilines is 1. The van der Waals surface area contributed by atoms with Crippen LogP contribution in [0.25, 0.3) is 0 Å². The number of aromatic nitrogens is 1. The number of aryl methyl sites for hydroxylation is 2. The Hall–Kier alpha value is -2.09. The molecule has 1 aromatic rings. The van der Waals surface area contributed by atoms with Crippen LogP contribution in [-0.4, -0.2) is 22.1 Å². The van der Waals surface area contributed by atoms with Gasteiger partial charge in [0, 0.05) is 11.7 Å². The number of hydrogen-bond donors (Lipinski definition) is 2. The van der Waals surface area contributed by atoms with Crippen LogP contribution in [-0.2, 0) is 17.6 Å². The lowest BCUT2D eigenvalue weighted by atomic mass is 9.86. The smallest absolute Gasteiger partial charge is 0.306 e. The molecule has 5 nitrogen and oxygen atoms in total. The number of rotatable bonds is 3. The quantitative estimate of drug-likeness (QED) is 0.896. The van der Waals surface area contributed by atoms with Crippen LogP contribution >= 0.6 is 0 Å². The average molecular weight is 299 g/mol. The number of carboxylic acids is 1. The monoisotopic (exact) mass is 299 g/mol. The van der Waals surface area contributed by atoms with E-state index >= 15 is 0 Å². The third-order valence-corrected chi connectivity index (χ3v) is 4.84. The van der Waals surface area contributed by atoms with Crippen LogP contribution in [0.2, 0.25) is 0 Å². The van der Waals surface area contributed by atoms with E-state index in [-0.39, 0.29) is 12.0 Å². The van der Waals surface area contributed by atoms with E-state index in [0.717, 1.165) is 37.8 Å². The highest BCUT2D eigenvalue weighted by atomic mass is 16.4. The Kier molecular flexibility index (Phi) is 4.28. The normalized spacial score (nSPS) is 24.1. The van der Waals surface area contributed by atoms with Crippen molar-refractivity contribution in [3.05, 3.63) is 22.9 Å². The molecule has 1 fully saturated rings. The van der Waals surface area contributed by atoms with Crippen molar-refractivity contribution in [2.75, 3.05) is 5.32 Å². The Morgan fingerprint density at radius 2 is 2.00 bits per heavy atom. The van der Waals surface area contributed by atoms with Gasteiger partial charge < -0.3 is 10.4 Å². The highest BCUT2D eigenvalue weighted by Gasteiger charge is 2.26. The van der Waals surface area contributed by atoms with Crippen molar-refractivity contribution < 1.29 is 9.90 Å². The summed E-state index contributed by atoms with van der Waals surface area (Å²) in [5.41, 5.74) is 2.94. The summed E-state index contributed by atoms with van der Waals surface area (Å²) >= 11 is 0. The number of carbonyl (C=O) groups is 1. The van der Waals surface area contributed by atoms with Crippen LogP contribution in [0.4, 0.5) is 5.82 Å². The van der Waals surface area contributed by atoms with Crippen LogP contribution in [0.1, 0.15) is 55.3 Å². The van der Waals surface area contributed by atoms with Crippen molar-refractivity contribution in [1.29, 1.82) is 5.26 Å². The first-order chi connectivity index (χ1) is 10.7. The molecule has 0 bridgehead atoms. The number of fused-ring (bicyclic) bond motifs is 1. The third kappa shape index (κ3) is 3.06. The molecule has 2 N–H and O–H groups in total. The predicted octanol–water partition coefficient (Wildman–Crippen LogP) is 2.89. The largest absolute Gasteiger partial charge is 0.481 e. The van der Waals surface area contributed by atoms with Gasteiger partial charge in [0.2, 0.25) is 0 Å². The molecule has 0 aliphatic heterocycles. The number of aliphatic carboxylic acids is 1. The van der Waals surface area contributed by atoms with E-state index in [1.54, 1.807) is 0 Å². The Labute approximate surface area is 130 Å². The highest BCUT2D eigenvalue weighted by Crippen LogP contribution is 2.29. The molecule has 3 rings (SSSR count). The second kappa shape index (κ2) is 6.35. The summed E-state index contributed by atoms with van der Waals surface area (Å²) in [7, 11) is 0. The van der Waals surface area contributed by atoms with Crippen molar-refractivity contribution in [2.24, 2.45) is 5.92 Å². The molecule has 0 unspecified atom stereocenters. The van der Waals surface area contributed by atoms with Gasteiger partial charge in [-0.1, -0.05) is 0 Å². The molecule has 0 spiro atoms. The SMILES string of the molecule is N#Cc1cc2c(nc1NC1CCC(C(=O)O)CC1)CCCC2. The first-order valence-corrected chi connectivity index (χ1v) is 8.09. The summed E-state index contributed by atoms with van der Waals surface area (Å²) in [4.78, 5) is 15.7. The Bertz CT molecular complexity index is 613. The molecule has 5 heteroatoms. The molecule has 1 heterocycles. The summed E-state index contributed by atoms with van der Waals surface area (Å²) in [6.07, 6.45) is 7.37. The van der Waals surface area contributed by atoms with Gasteiger partial charge in [0.15, 0.2) is 0 Å². The molecule has 1 saturated carbocycles. The molecule has 2 aliphatic carbocycles. The molecule has 0 amide bonds. The number of hydrogen-bond acceptors (Lipinski definition) is 4. The molecular formula is C17H21N3O2. The van der Waals surface area contributed by atoms with Gasteiger partial charge in [-0.25, -0.2) is 4.98 Å². The van der Waals surface area contributed by atoms with E-state index < -0.39 is 5.97 Å². The standard InChI is InChI=1S/C17H21N3O2/c18-10-13-9-12-3-1-2-4-15(12)20-16(13)19-14-7-5-11(6-8-14)17(21)22/h9,11,14H,1-8H2,(H,19,20)(H,21,22). The molecule has 2 aliphatic rings. The Balaban J connectivity index is 1.73. The van der Waals surface area contributed by atoms with Crippen molar-refractivity contribution in [1.82, 2.24) is 4.98 Å². The fourth-order valence-electron chi connectivity index (χ4n) is 3.51. The Morgan fingerprint density at radius 3 is 2.68 bits per heavy atom. The predicted molar refractivity (Wildman–Crippen MR) is 82.6 cm³/mol. The zero-order valence-corrected chi connectivity index (χ0v) is 12.6. The van der Waals surface area contributed by atoms with Gasteiger partial charge in [0.25, 0.3) is 0 Å². The van der Waals surface area contributed by atoms with Gasteiger partial charge in [-0.05, 0) is 63.0 Å². The second-order valence-electron chi connectivity index (χ2n) is 6.34. The first-order valence-electron chi connectivity index (χ1n) is 8.09. The number of carboxylic acid groups (broad SMARTS) is 1. The molecule has 22 heavy (non-hydrogen) atoms. The maximum Gasteiger partial charge on any atom is 0.306 e. The van der Waals surface area contributed by atoms with Gasteiger partial charge in [0.1, 0.15) is 11.9 Å². The minimum Gasteiger partial charge on any atom is -0.481 e. The minimum absolute atomic E-state index is 0.218. The van der Waals surface area contributed by atoms with E-state index in [2.05, 4.69) is 16.4 Å². The van der Waals surface area contributed by atoms with E-state index in [4.69, 9.17) is 5.11 Å². The van der Waals surface area contributed by atoms with Crippen LogP contribution in [0.5, 0.6) is 0 Å². The van der Waals surface area contributed by atoms with Crippen LogP contribution < -0.4 is 5.32 Å². The lowest BCUT2D eigenvalue weighted by molar-refractivity contribution is -0.142. The topological polar surface area (TPSA) is 86.0 Å². The Morgan fingerprint density at radius 1 is 1.27 bits per heavy atom. The second-order valence-corrected chi connectivity index (χ2v) is 6.34. The minimum atomic E-state index is -0.692. The van der Waals surface area contributed by atoms with Crippen LogP contribution in [0, 0.1) is 17.2 Å². The van der Waals surface area contributed by atoms with E-state index in [9.17, 15) is 10.1 Å². The summed E-state index contributed by atoms with van der Waals surface area (Å²) in [5, 5.41) is 21.8. The van der Waals surface area contributed by atoms with E-state index in [0.29, 0.717) is 24.2 Å². The zero-order valence-electron chi connectivity index (χ0n) is 12.6. The molecule has 0 atom stereocenters. The number of nitrogens with zero attached hydrogens (tertiary/aromatic N) is 2. The third-order valence-electron chi connectivity index (χ3n) is 4.84. The highest BCUT2D eigenvalue weighted by molar-refractivity contribution is 5.70. The lowest BCUT2D eigenvalue weighted by Crippen LogP contribution is -2.30. The van der Waals surface area contributed by atoms with Crippen molar-refractivity contribution in [2.45, 2.75) is 57.4 Å². The summed E-state index contributed by atoms with van der Waals surface area (Å²) in [5.74, 6) is -0.227. The fourth-order valence-corrected chi connectivity index (χ4v) is 3.51. The first kappa shape index (κ1) is 14.8. The molecule has 0 radical (unpaired) electrons. The summed E-state index contributed by atoms with van der Waals surface area (Å²) in [6.45, 7) is 0. The zero-order chi connectivity index (χ0) is 15.5. The molecular weight excluding hydrogens is 278 g/mol. The van der Waals surface area contributed by atoms with Crippen molar-refractivity contribution in [3.63, 3.8) is 0 Å². The lowest BCUT2D eigenvalue weighted by Gasteiger charge is -2.28. The summed E-state index contributed by atoms with van der Waals surface area (Å²) < 4.78 is 0. The van der Waals surface area contributed by atoms with Gasteiger partial charge in [0.05, 0.1) is 11.5 Å². The van der Waals surface area contributed by atoms with Crippen molar-refractivity contribution in [3.8, 4) is 6.07 Å². The molecule has 116 valence electrons. The van der Waals surface area contributed by atoms with Gasteiger partial charge in [-0.2, -0.15) is 5.26 Å². The summed E-state index contributed by atoms with van der Waals surface area (Å²) in [6, 6.07) is 4.44. The van der Waals surface area contributed by atoms with E-state index in [1.807, 2.05) is 6.07 Å². The molecule has 0 aromatic carbocycles. The molecule has 1 aromatic heterocycles. The fraction of sp³-hybridized carbons (Fsp3) is 0.588. The van der Waals surface area contributed by atoms with Gasteiger partial charge in [-0.3, -0.25) is 4.79 Å². The number of pyridine rings is 1. The van der Waals surface area contributed by atoms with Gasteiger partial charge >= 0.3 is 5.97 Å². The molecule has 0 saturated heterocycles. The average Bonchev–Trinajstić information content (AvgIpc) is 2.54.